The lowest BCUT2D eigenvalue weighted by atomic mass is 9.73. The highest BCUT2D eigenvalue weighted by molar-refractivity contribution is 5.34. The van der Waals surface area contributed by atoms with Crippen LogP contribution >= 0.6 is 0 Å². The first-order valence-corrected chi connectivity index (χ1v) is 14.6. The molecule has 4 unspecified atom stereocenters. The molecule has 1 aliphatic rings. The molecule has 2 nitrogen and oxygen atoms in total. The number of rotatable bonds is 9. The average molecular weight is 523 g/mol. The topological polar surface area (TPSA) is 15.3 Å². The van der Waals surface area contributed by atoms with Gasteiger partial charge in [0.15, 0.2) is 0 Å². The van der Waals surface area contributed by atoms with Crippen molar-refractivity contribution >= 4 is 0 Å². The summed E-state index contributed by atoms with van der Waals surface area (Å²) in [5.74, 6) is 0.308. The summed E-state index contributed by atoms with van der Waals surface area (Å²) in [6.45, 7) is 1.86. The Morgan fingerprint density at radius 3 is 1.57 bits per heavy atom. The second-order valence-electron chi connectivity index (χ2n) is 10.9. The molecule has 40 heavy (non-hydrogen) atoms. The summed E-state index contributed by atoms with van der Waals surface area (Å²) in [4.78, 5) is 2.80. The molecule has 2 heteroatoms. The van der Waals surface area contributed by atoms with Crippen LogP contribution in [0.2, 0.25) is 0 Å². The van der Waals surface area contributed by atoms with Gasteiger partial charge in [0.25, 0.3) is 0 Å². The Morgan fingerprint density at radius 2 is 1.00 bits per heavy atom. The Bertz CT molecular complexity index is 1420. The lowest BCUT2D eigenvalue weighted by molar-refractivity contribution is 0.0429. The molecule has 6 rings (SSSR count). The van der Waals surface area contributed by atoms with Crippen molar-refractivity contribution in [1.82, 2.24) is 10.2 Å². The van der Waals surface area contributed by atoms with Crippen LogP contribution in [0.4, 0.5) is 0 Å². The molecule has 1 heterocycles. The van der Waals surface area contributed by atoms with Crippen molar-refractivity contribution in [3.05, 3.63) is 179 Å². The maximum absolute atomic E-state index is 4.05. The fraction of sp³-hybridized carbons (Fsp3) is 0.211. The van der Waals surface area contributed by atoms with E-state index in [1.807, 2.05) is 0 Å². The SMILES string of the molecule is c1ccc(CCN2C(c3ccccc3)CC(NCc3ccccc3)C(c3ccccc3)C2c2ccccc2)cc1. The van der Waals surface area contributed by atoms with Gasteiger partial charge in [-0.15, -0.1) is 0 Å². The number of hydrogen-bond acceptors (Lipinski definition) is 2. The summed E-state index contributed by atoms with van der Waals surface area (Å²) < 4.78 is 0. The van der Waals surface area contributed by atoms with E-state index in [1.165, 1.54) is 27.8 Å². The Hall–Kier alpha value is -3.98. The van der Waals surface area contributed by atoms with Gasteiger partial charge in [-0.05, 0) is 40.7 Å². The highest BCUT2D eigenvalue weighted by atomic mass is 15.2. The van der Waals surface area contributed by atoms with Crippen LogP contribution in [0.15, 0.2) is 152 Å². The minimum Gasteiger partial charge on any atom is -0.309 e. The van der Waals surface area contributed by atoms with E-state index in [9.17, 15) is 0 Å². The Kier molecular flexibility index (Phi) is 8.48. The first kappa shape index (κ1) is 26.3. The van der Waals surface area contributed by atoms with E-state index in [4.69, 9.17) is 0 Å². The number of piperidine rings is 1. The maximum Gasteiger partial charge on any atom is 0.0437 e. The van der Waals surface area contributed by atoms with Crippen LogP contribution < -0.4 is 5.32 Å². The molecule has 0 aromatic heterocycles. The molecule has 1 saturated heterocycles. The van der Waals surface area contributed by atoms with Crippen LogP contribution in [0.25, 0.3) is 0 Å². The zero-order chi connectivity index (χ0) is 27.0. The van der Waals surface area contributed by atoms with Gasteiger partial charge in [-0.3, -0.25) is 4.90 Å². The first-order chi connectivity index (χ1) is 19.9. The minimum atomic E-state index is 0.236. The van der Waals surface area contributed by atoms with Gasteiger partial charge in [0.2, 0.25) is 0 Å². The average Bonchev–Trinajstić information content (AvgIpc) is 3.04. The predicted octanol–water partition coefficient (Wildman–Crippen LogP) is 8.36. The highest BCUT2D eigenvalue weighted by Crippen LogP contribution is 2.49. The van der Waals surface area contributed by atoms with Crippen LogP contribution in [0.3, 0.4) is 0 Å². The lowest BCUT2D eigenvalue weighted by Crippen LogP contribution is -2.51. The quantitative estimate of drug-likeness (QED) is 0.209. The fourth-order valence-corrected chi connectivity index (χ4v) is 6.54. The third-order valence-corrected chi connectivity index (χ3v) is 8.43. The fourth-order valence-electron chi connectivity index (χ4n) is 6.54. The van der Waals surface area contributed by atoms with E-state index in [0.717, 1.165) is 25.9 Å². The summed E-state index contributed by atoms with van der Waals surface area (Å²) in [6, 6.07) is 56.2. The van der Waals surface area contributed by atoms with E-state index in [-0.39, 0.29) is 6.04 Å². The molecular formula is C38H38N2. The maximum atomic E-state index is 4.05. The van der Waals surface area contributed by atoms with Crippen molar-refractivity contribution in [3.8, 4) is 0 Å². The smallest absolute Gasteiger partial charge is 0.0437 e. The molecule has 0 spiro atoms. The van der Waals surface area contributed by atoms with Crippen molar-refractivity contribution in [2.24, 2.45) is 0 Å². The molecule has 0 bridgehead atoms. The van der Waals surface area contributed by atoms with Gasteiger partial charge < -0.3 is 5.32 Å². The van der Waals surface area contributed by atoms with Crippen molar-refractivity contribution in [3.63, 3.8) is 0 Å². The van der Waals surface area contributed by atoms with Crippen molar-refractivity contribution in [1.29, 1.82) is 0 Å². The number of benzene rings is 5. The molecule has 0 aliphatic carbocycles. The van der Waals surface area contributed by atoms with Gasteiger partial charge in [-0.2, -0.15) is 0 Å². The third kappa shape index (κ3) is 6.09. The highest BCUT2D eigenvalue weighted by Gasteiger charge is 2.44. The number of nitrogens with zero attached hydrogens (tertiary/aromatic N) is 1. The van der Waals surface area contributed by atoms with E-state index < -0.39 is 0 Å². The largest absolute Gasteiger partial charge is 0.309 e. The number of likely N-dealkylation sites (tertiary alicyclic amines) is 1. The van der Waals surface area contributed by atoms with Crippen LogP contribution in [0.5, 0.6) is 0 Å². The van der Waals surface area contributed by atoms with Crippen molar-refractivity contribution < 1.29 is 0 Å². The van der Waals surface area contributed by atoms with Gasteiger partial charge >= 0.3 is 0 Å². The first-order valence-electron chi connectivity index (χ1n) is 14.6. The predicted molar refractivity (Wildman–Crippen MR) is 166 cm³/mol. The second-order valence-corrected chi connectivity index (χ2v) is 10.9. The molecule has 0 radical (unpaired) electrons. The molecule has 0 saturated carbocycles. The van der Waals surface area contributed by atoms with Crippen molar-refractivity contribution in [2.45, 2.75) is 43.4 Å². The van der Waals surface area contributed by atoms with Gasteiger partial charge in [0.1, 0.15) is 0 Å². The summed E-state index contributed by atoms with van der Waals surface area (Å²) in [5, 5.41) is 4.05. The van der Waals surface area contributed by atoms with E-state index in [1.54, 1.807) is 0 Å². The zero-order valence-electron chi connectivity index (χ0n) is 23.0. The third-order valence-electron chi connectivity index (χ3n) is 8.43. The summed E-state index contributed by atoms with van der Waals surface area (Å²) in [5.41, 5.74) is 6.90. The number of hydrogen-bond donors (Lipinski definition) is 1. The molecule has 5 aromatic rings. The normalized spacial score (nSPS) is 21.2. The molecule has 1 aliphatic heterocycles. The Morgan fingerprint density at radius 1 is 0.525 bits per heavy atom. The van der Waals surface area contributed by atoms with Crippen LogP contribution in [-0.4, -0.2) is 17.5 Å². The second kappa shape index (κ2) is 12.9. The standard InChI is InChI=1S/C38H38N2/c1-6-16-30(17-7-1)26-27-40-36(32-20-10-3-11-21-32)28-35(39-29-31-18-8-2-9-19-31)37(33-22-12-4-13-23-33)38(40)34-24-14-5-15-25-34/h1-25,35-39H,26-29H2. The molecule has 4 atom stereocenters. The lowest BCUT2D eigenvalue weighted by Gasteiger charge is -2.51. The van der Waals surface area contributed by atoms with Crippen LogP contribution in [0, 0.1) is 0 Å². The molecule has 1 N–H and O–H groups in total. The molecule has 0 amide bonds. The van der Waals surface area contributed by atoms with Gasteiger partial charge in [0.05, 0.1) is 0 Å². The van der Waals surface area contributed by atoms with Crippen molar-refractivity contribution in [2.75, 3.05) is 6.54 Å². The Labute approximate surface area is 239 Å². The molecule has 5 aromatic carbocycles. The Balaban J connectivity index is 1.44. The summed E-state index contributed by atoms with van der Waals surface area (Å²) >= 11 is 0. The molecular weight excluding hydrogens is 484 g/mol. The zero-order valence-corrected chi connectivity index (χ0v) is 23.0. The molecule has 200 valence electrons. The van der Waals surface area contributed by atoms with Crippen LogP contribution in [-0.2, 0) is 13.0 Å². The summed E-state index contributed by atoms with van der Waals surface area (Å²) in [6.07, 6.45) is 2.08. The summed E-state index contributed by atoms with van der Waals surface area (Å²) in [7, 11) is 0. The van der Waals surface area contributed by atoms with E-state index >= 15 is 0 Å². The van der Waals surface area contributed by atoms with Gasteiger partial charge in [0, 0.05) is 37.1 Å². The monoisotopic (exact) mass is 522 g/mol. The van der Waals surface area contributed by atoms with Gasteiger partial charge in [-0.25, -0.2) is 0 Å². The van der Waals surface area contributed by atoms with E-state index in [0.29, 0.717) is 18.0 Å². The number of nitrogens with one attached hydrogen (secondary N) is 1. The van der Waals surface area contributed by atoms with E-state index in [2.05, 4.69) is 162 Å². The van der Waals surface area contributed by atoms with Crippen LogP contribution in [0.1, 0.15) is 52.2 Å². The minimum absolute atomic E-state index is 0.236. The molecule has 1 fully saturated rings. The van der Waals surface area contributed by atoms with Gasteiger partial charge in [-0.1, -0.05) is 152 Å².